The molecule has 2 aromatic carbocycles. The summed E-state index contributed by atoms with van der Waals surface area (Å²) < 4.78 is 0. The number of nitrogens with one attached hydrogen (secondary N) is 1. The van der Waals surface area contributed by atoms with Crippen LogP contribution in [0.25, 0.3) is 10.8 Å². The summed E-state index contributed by atoms with van der Waals surface area (Å²) in [6, 6.07) is 14.2. The molecule has 0 heterocycles. The molecule has 2 rings (SSSR count). The van der Waals surface area contributed by atoms with Gasteiger partial charge in [0.2, 0.25) is 5.78 Å². The average molecular weight is 256 g/mol. The van der Waals surface area contributed by atoms with Crippen LogP contribution in [0.15, 0.2) is 42.5 Å². The molecule has 0 unspecified atom stereocenters. The first-order valence-electron chi connectivity index (χ1n) is 7.05. The Balaban J connectivity index is 2.30. The van der Waals surface area contributed by atoms with Crippen molar-refractivity contribution in [2.75, 3.05) is 13.1 Å². The molecule has 1 atom stereocenters. The van der Waals surface area contributed by atoms with Crippen molar-refractivity contribution in [3.63, 3.8) is 0 Å². The zero-order chi connectivity index (χ0) is 13.8. The topological polar surface area (TPSA) is 21.5 Å². The third kappa shape index (κ3) is 2.85. The summed E-state index contributed by atoms with van der Waals surface area (Å²) in [6.45, 7) is 8.25. The molecular weight excluding hydrogens is 234 g/mol. The maximum Gasteiger partial charge on any atom is 0.219 e. The van der Waals surface area contributed by atoms with Gasteiger partial charge >= 0.3 is 0 Å². The quantitative estimate of drug-likeness (QED) is 0.815. The molecule has 2 aromatic rings. The van der Waals surface area contributed by atoms with Crippen LogP contribution < -0.4 is 4.90 Å². The molecule has 0 saturated carbocycles. The van der Waals surface area contributed by atoms with Crippen molar-refractivity contribution in [2.24, 2.45) is 0 Å². The summed E-state index contributed by atoms with van der Waals surface area (Å²) in [6.07, 6.45) is 0. The Bertz CT molecular complexity index is 572. The van der Waals surface area contributed by atoms with Crippen LogP contribution in [-0.2, 0) is 0 Å². The van der Waals surface area contributed by atoms with Crippen molar-refractivity contribution in [3.8, 4) is 0 Å². The first-order valence-corrected chi connectivity index (χ1v) is 7.05. The number of hydrogen-bond donors (Lipinski definition) is 1. The monoisotopic (exact) mass is 256 g/mol. The molecule has 0 spiro atoms. The van der Waals surface area contributed by atoms with Gasteiger partial charge in [-0.15, -0.1) is 0 Å². The van der Waals surface area contributed by atoms with Gasteiger partial charge in [-0.2, -0.15) is 0 Å². The molecule has 0 bridgehead atoms. The van der Waals surface area contributed by atoms with E-state index in [4.69, 9.17) is 0 Å². The molecule has 0 aromatic heterocycles. The molecule has 2 heteroatoms. The Morgan fingerprint density at radius 1 is 1.05 bits per heavy atom. The lowest BCUT2D eigenvalue weighted by molar-refractivity contribution is -0.910. The molecule has 0 aliphatic carbocycles. The van der Waals surface area contributed by atoms with Crippen LogP contribution in [0.4, 0.5) is 0 Å². The largest absolute Gasteiger partial charge is 0.327 e. The summed E-state index contributed by atoms with van der Waals surface area (Å²) >= 11 is 0. The second kappa shape index (κ2) is 5.98. The molecule has 0 saturated heterocycles. The smallest absolute Gasteiger partial charge is 0.219 e. The first kappa shape index (κ1) is 13.8. The van der Waals surface area contributed by atoms with E-state index in [9.17, 15) is 4.79 Å². The van der Waals surface area contributed by atoms with E-state index < -0.39 is 0 Å². The lowest BCUT2D eigenvalue weighted by Gasteiger charge is -2.22. The number of carbonyl (C=O) groups is 1. The highest BCUT2D eigenvalue weighted by atomic mass is 16.1. The van der Waals surface area contributed by atoms with Crippen LogP contribution >= 0.6 is 0 Å². The molecule has 2 nitrogen and oxygen atoms in total. The molecule has 19 heavy (non-hydrogen) atoms. The Kier molecular flexibility index (Phi) is 4.33. The van der Waals surface area contributed by atoms with Crippen LogP contribution in [0.3, 0.4) is 0 Å². The number of hydrogen-bond acceptors (Lipinski definition) is 1. The molecule has 0 aliphatic rings. The third-order valence-electron chi connectivity index (χ3n) is 3.95. The highest BCUT2D eigenvalue weighted by Gasteiger charge is 2.23. The van der Waals surface area contributed by atoms with E-state index in [2.05, 4.69) is 26.0 Å². The van der Waals surface area contributed by atoms with E-state index >= 15 is 0 Å². The van der Waals surface area contributed by atoms with Gasteiger partial charge in [-0.3, -0.25) is 4.79 Å². The Morgan fingerprint density at radius 2 is 1.68 bits per heavy atom. The van der Waals surface area contributed by atoms with Gasteiger partial charge in [-0.05, 0) is 37.6 Å². The highest BCUT2D eigenvalue weighted by molar-refractivity contribution is 6.02. The molecule has 0 fully saturated rings. The molecular formula is C17H22NO+. The summed E-state index contributed by atoms with van der Waals surface area (Å²) in [4.78, 5) is 13.9. The van der Waals surface area contributed by atoms with Gasteiger partial charge < -0.3 is 4.90 Å². The molecule has 0 radical (unpaired) electrons. The molecule has 0 amide bonds. The fraction of sp³-hybridized carbons (Fsp3) is 0.353. The van der Waals surface area contributed by atoms with Gasteiger partial charge in [-0.1, -0.05) is 36.4 Å². The number of quaternary nitrogens is 1. The Hall–Kier alpha value is -1.67. The van der Waals surface area contributed by atoms with Gasteiger partial charge in [0, 0.05) is 5.56 Å². The number of carbonyl (C=O) groups excluding carboxylic acids is 1. The fourth-order valence-electron chi connectivity index (χ4n) is 2.64. The van der Waals surface area contributed by atoms with Gasteiger partial charge in [0.25, 0.3) is 0 Å². The number of ketones is 1. The maximum absolute atomic E-state index is 12.5. The minimum atomic E-state index is 0.0242. The number of likely N-dealkylation sites (N-methyl/N-ethyl adjacent to an activating group) is 1. The zero-order valence-electron chi connectivity index (χ0n) is 11.9. The van der Waals surface area contributed by atoms with Crippen molar-refractivity contribution in [1.82, 2.24) is 0 Å². The zero-order valence-corrected chi connectivity index (χ0v) is 11.9. The van der Waals surface area contributed by atoms with E-state index in [1.54, 1.807) is 0 Å². The van der Waals surface area contributed by atoms with E-state index in [1.165, 1.54) is 10.3 Å². The van der Waals surface area contributed by atoms with E-state index in [0.717, 1.165) is 24.0 Å². The highest BCUT2D eigenvalue weighted by Crippen LogP contribution is 2.16. The number of Topliss-reactive ketones (excluding diaryl/α,β-unsaturated/α-hetero) is 1. The summed E-state index contributed by atoms with van der Waals surface area (Å²) in [5.41, 5.74) is 0.825. The summed E-state index contributed by atoms with van der Waals surface area (Å²) in [7, 11) is 0. The normalized spacial score (nSPS) is 12.8. The third-order valence-corrected chi connectivity index (χ3v) is 3.95. The lowest BCUT2D eigenvalue weighted by atomic mass is 10.0. The SMILES string of the molecule is CC[NH+](CC)[C@@H](C)C(=O)c1ccc2ccccc2c1. The number of benzene rings is 2. The lowest BCUT2D eigenvalue weighted by Crippen LogP contribution is -3.15. The predicted molar refractivity (Wildman–Crippen MR) is 79.8 cm³/mol. The van der Waals surface area contributed by atoms with Gasteiger partial charge in [0.05, 0.1) is 13.1 Å². The van der Waals surface area contributed by atoms with E-state index in [1.807, 2.05) is 37.3 Å². The van der Waals surface area contributed by atoms with Crippen LogP contribution in [0, 0.1) is 0 Å². The summed E-state index contributed by atoms with van der Waals surface area (Å²) in [5, 5.41) is 2.32. The molecule has 100 valence electrons. The second-order valence-corrected chi connectivity index (χ2v) is 5.01. The second-order valence-electron chi connectivity index (χ2n) is 5.01. The standard InChI is InChI=1S/C17H21NO/c1-4-18(5-2)13(3)17(19)16-11-10-14-8-6-7-9-15(14)12-16/h6-13H,4-5H2,1-3H3/p+1/t13-/m0/s1. The Labute approximate surface area is 115 Å². The van der Waals surface area contributed by atoms with Crippen LogP contribution in [0.2, 0.25) is 0 Å². The van der Waals surface area contributed by atoms with Crippen molar-refractivity contribution in [1.29, 1.82) is 0 Å². The van der Waals surface area contributed by atoms with Crippen molar-refractivity contribution in [3.05, 3.63) is 48.0 Å². The maximum atomic E-state index is 12.5. The molecule has 0 aliphatic heterocycles. The van der Waals surface area contributed by atoms with Gasteiger partial charge in [0.15, 0.2) is 0 Å². The Morgan fingerprint density at radius 3 is 2.32 bits per heavy atom. The van der Waals surface area contributed by atoms with E-state index in [0.29, 0.717) is 0 Å². The number of rotatable bonds is 5. The van der Waals surface area contributed by atoms with Gasteiger partial charge in [-0.25, -0.2) is 0 Å². The van der Waals surface area contributed by atoms with Crippen molar-refractivity contribution in [2.45, 2.75) is 26.8 Å². The van der Waals surface area contributed by atoms with Crippen LogP contribution in [-0.4, -0.2) is 24.9 Å². The van der Waals surface area contributed by atoms with Crippen LogP contribution in [0.1, 0.15) is 31.1 Å². The predicted octanol–water partition coefficient (Wildman–Crippen LogP) is 2.34. The van der Waals surface area contributed by atoms with Crippen molar-refractivity contribution >= 4 is 16.6 Å². The number of fused-ring (bicyclic) bond motifs is 1. The minimum absolute atomic E-state index is 0.0242. The van der Waals surface area contributed by atoms with Gasteiger partial charge in [0.1, 0.15) is 6.04 Å². The minimum Gasteiger partial charge on any atom is -0.327 e. The first-order chi connectivity index (χ1) is 9.17. The van der Waals surface area contributed by atoms with Crippen molar-refractivity contribution < 1.29 is 9.69 Å². The summed E-state index contributed by atoms with van der Waals surface area (Å²) in [5.74, 6) is 0.240. The fourth-order valence-corrected chi connectivity index (χ4v) is 2.64. The van der Waals surface area contributed by atoms with Crippen LogP contribution in [0.5, 0.6) is 0 Å². The van der Waals surface area contributed by atoms with E-state index in [-0.39, 0.29) is 11.8 Å². The average Bonchev–Trinajstić information content (AvgIpc) is 2.47. The molecule has 1 N–H and O–H groups in total.